The molecule has 0 aliphatic heterocycles. The van der Waals surface area contributed by atoms with Crippen molar-refractivity contribution < 1.29 is 14.6 Å². The molecule has 3 nitrogen and oxygen atoms in total. The minimum Gasteiger partial charge on any atom is -0.497 e. The topological polar surface area (TPSA) is 38.7 Å². The minimum atomic E-state index is -0.0228. The van der Waals surface area contributed by atoms with Crippen molar-refractivity contribution in [2.45, 2.75) is 13.5 Å². The van der Waals surface area contributed by atoms with E-state index in [1.807, 2.05) is 43.3 Å². The Balaban J connectivity index is 2.47. The van der Waals surface area contributed by atoms with Crippen LogP contribution in [0.5, 0.6) is 11.5 Å². The maximum Gasteiger partial charge on any atom is 0.124 e. The molecular weight excluding hydrogens is 240 g/mol. The molecule has 0 aliphatic carbocycles. The Hall–Kier alpha value is -2.00. The van der Waals surface area contributed by atoms with Crippen molar-refractivity contribution in [3.63, 3.8) is 0 Å². The van der Waals surface area contributed by atoms with Crippen molar-refractivity contribution in [1.29, 1.82) is 0 Å². The monoisotopic (exact) mass is 258 g/mol. The van der Waals surface area contributed by atoms with Crippen LogP contribution in [0.4, 0.5) is 0 Å². The van der Waals surface area contributed by atoms with E-state index in [-0.39, 0.29) is 6.61 Å². The predicted molar refractivity (Wildman–Crippen MR) is 75.6 cm³/mol. The Kier molecular flexibility index (Phi) is 4.07. The Labute approximate surface area is 113 Å². The van der Waals surface area contributed by atoms with E-state index < -0.39 is 0 Å². The molecule has 0 radical (unpaired) electrons. The van der Waals surface area contributed by atoms with Gasteiger partial charge in [-0.1, -0.05) is 18.2 Å². The molecule has 2 aromatic carbocycles. The van der Waals surface area contributed by atoms with Gasteiger partial charge in [0.2, 0.25) is 0 Å². The lowest BCUT2D eigenvalue weighted by Gasteiger charge is -2.12. The molecule has 0 bridgehead atoms. The minimum absolute atomic E-state index is 0.0228. The summed E-state index contributed by atoms with van der Waals surface area (Å²) in [5.74, 6) is 1.55. The summed E-state index contributed by atoms with van der Waals surface area (Å²) >= 11 is 0. The van der Waals surface area contributed by atoms with E-state index in [1.165, 1.54) is 0 Å². The zero-order valence-electron chi connectivity index (χ0n) is 11.4. The second kappa shape index (κ2) is 5.76. The van der Waals surface area contributed by atoms with Crippen LogP contribution < -0.4 is 9.47 Å². The number of methoxy groups -OCH3 is 2. The van der Waals surface area contributed by atoms with Gasteiger partial charge in [-0.25, -0.2) is 0 Å². The smallest absolute Gasteiger partial charge is 0.124 e. The van der Waals surface area contributed by atoms with Crippen LogP contribution in [0.1, 0.15) is 11.1 Å². The molecule has 2 rings (SSSR count). The summed E-state index contributed by atoms with van der Waals surface area (Å²) in [5.41, 5.74) is 4.12. The van der Waals surface area contributed by atoms with E-state index in [0.29, 0.717) is 5.75 Å². The van der Waals surface area contributed by atoms with E-state index in [9.17, 15) is 5.11 Å². The number of hydrogen-bond donors (Lipinski definition) is 1. The maximum absolute atomic E-state index is 9.24. The lowest BCUT2D eigenvalue weighted by molar-refractivity contribution is 0.274. The molecule has 0 saturated heterocycles. The molecule has 0 amide bonds. The highest BCUT2D eigenvalue weighted by atomic mass is 16.5. The second-order valence-electron chi connectivity index (χ2n) is 4.37. The fourth-order valence-electron chi connectivity index (χ4n) is 2.13. The van der Waals surface area contributed by atoms with Gasteiger partial charge in [0.05, 0.1) is 20.8 Å². The van der Waals surface area contributed by atoms with Crippen molar-refractivity contribution in [3.8, 4) is 22.6 Å². The van der Waals surface area contributed by atoms with E-state index in [1.54, 1.807) is 14.2 Å². The molecule has 0 spiro atoms. The van der Waals surface area contributed by atoms with E-state index in [2.05, 4.69) is 0 Å². The summed E-state index contributed by atoms with van der Waals surface area (Å²) in [6.07, 6.45) is 0. The lowest BCUT2D eigenvalue weighted by atomic mass is 9.99. The Bertz CT molecular complexity index is 576. The molecular formula is C16H18O3. The first-order valence-corrected chi connectivity index (χ1v) is 6.12. The molecule has 1 N–H and O–H groups in total. The van der Waals surface area contributed by atoms with Gasteiger partial charge in [0.15, 0.2) is 0 Å². The molecule has 0 aliphatic rings. The fourth-order valence-corrected chi connectivity index (χ4v) is 2.13. The number of ether oxygens (including phenoxy) is 2. The van der Waals surface area contributed by atoms with Gasteiger partial charge in [-0.15, -0.1) is 0 Å². The van der Waals surface area contributed by atoms with Crippen molar-refractivity contribution in [2.24, 2.45) is 0 Å². The Morgan fingerprint density at radius 3 is 2.37 bits per heavy atom. The van der Waals surface area contributed by atoms with Crippen LogP contribution in [0.2, 0.25) is 0 Å². The van der Waals surface area contributed by atoms with E-state index >= 15 is 0 Å². The molecule has 0 aromatic heterocycles. The van der Waals surface area contributed by atoms with Crippen LogP contribution in [0.15, 0.2) is 36.4 Å². The van der Waals surface area contributed by atoms with Gasteiger partial charge in [-0.2, -0.15) is 0 Å². The van der Waals surface area contributed by atoms with E-state index in [4.69, 9.17) is 9.47 Å². The molecule has 2 aromatic rings. The number of aryl methyl sites for hydroxylation is 1. The molecule has 3 heteroatoms. The molecule has 0 saturated carbocycles. The van der Waals surface area contributed by atoms with Crippen molar-refractivity contribution in [2.75, 3.05) is 14.2 Å². The van der Waals surface area contributed by atoms with Gasteiger partial charge < -0.3 is 14.6 Å². The molecule has 19 heavy (non-hydrogen) atoms. The van der Waals surface area contributed by atoms with Gasteiger partial charge >= 0.3 is 0 Å². The average Bonchev–Trinajstić information content (AvgIpc) is 2.46. The fraction of sp³-hybridized carbons (Fsp3) is 0.250. The molecule has 0 atom stereocenters. The van der Waals surface area contributed by atoms with Crippen molar-refractivity contribution in [1.82, 2.24) is 0 Å². The van der Waals surface area contributed by atoms with Gasteiger partial charge in [-0.3, -0.25) is 0 Å². The molecule has 100 valence electrons. The summed E-state index contributed by atoms with van der Waals surface area (Å²) in [5, 5.41) is 9.24. The lowest BCUT2D eigenvalue weighted by Crippen LogP contribution is -1.93. The van der Waals surface area contributed by atoms with Crippen LogP contribution >= 0.6 is 0 Å². The number of hydrogen-bond acceptors (Lipinski definition) is 3. The molecule has 0 fully saturated rings. The average molecular weight is 258 g/mol. The first-order valence-electron chi connectivity index (χ1n) is 6.12. The number of aliphatic hydroxyl groups excluding tert-OH is 1. The largest absolute Gasteiger partial charge is 0.497 e. The van der Waals surface area contributed by atoms with E-state index in [0.717, 1.165) is 28.0 Å². The van der Waals surface area contributed by atoms with Gasteiger partial charge in [0.1, 0.15) is 11.5 Å². The van der Waals surface area contributed by atoms with Crippen LogP contribution in [0.25, 0.3) is 11.1 Å². The third-order valence-corrected chi connectivity index (χ3v) is 3.20. The highest BCUT2D eigenvalue weighted by molar-refractivity contribution is 5.70. The maximum atomic E-state index is 9.24. The Morgan fingerprint density at radius 2 is 1.79 bits per heavy atom. The standard InChI is InChI=1S/C16H18O3/c1-11-8-14(18-2)6-7-15(11)12-4-5-13(10-17)16(9-12)19-3/h4-9,17H,10H2,1-3H3. The van der Waals surface area contributed by atoms with Crippen molar-refractivity contribution >= 4 is 0 Å². The zero-order chi connectivity index (χ0) is 13.8. The quantitative estimate of drug-likeness (QED) is 0.915. The van der Waals surface area contributed by atoms with Gasteiger partial charge in [0.25, 0.3) is 0 Å². The second-order valence-corrected chi connectivity index (χ2v) is 4.37. The number of rotatable bonds is 4. The third kappa shape index (κ3) is 2.71. The third-order valence-electron chi connectivity index (χ3n) is 3.20. The summed E-state index contributed by atoms with van der Waals surface area (Å²) < 4.78 is 10.5. The summed E-state index contributed by atoms with van der Waals surface area (Å²) in [6.45, 7) is 2.02. The highest BCUT2D eigenvalue weighted by Crippen LogP contribution is 2.31. The van der Waals surface area contributed by atoms with Crippen LogP contribution in [-0.2, 0) is 6.61 Å². The van der Waals surface area contributed by atoms with Crippen LogP contribution in [0, 0.1) is 6.92 Å². The van der Waals surface area contributed by atoms with Crippen LogP contribution in [-0.4, -0.2) is 19.3 Å². The molecule has 0 heterocycles. The highest BCUT2D eigenvalue weighted by Gasteiger charge is 2.07. The molecule has 0 unspecified atom stereocenters. The Morgan fingerprint density at radius 1 is 1.00 bits per heavy atom. The predicted octanol–water partition coefficient (Wildman–Crippen LogP) is 3.17. The first-order chi connectivity index (χ1) is 9.19. The summed E-state index contributed by atoms with van der Waals surface area (Å²) in [4.78, 5) is 0. The normalized spacial score (nSPS) is 10.3. The number of aliphatic hydroxyl groups is 1. The van der Waals surface area contributed by atoms with Gasteiger partial charge in [-0.05, 0) is 41.8 Å². The van der Waals surface area contributed by atoms with Crippen LogP contribution in [0.3, 0.4) is 0 Å². The van der Waals surface area contributed by atoms with Gasteiger partial charge in [0, 0.05) is 5.56 Å². The first kappa shape index (κ1) is 13.4. The van der Waals surface area contributed by atoms with Crippen molar-refractivity contribution in [3.05, 3.63) is 47.5 Å². The SMILES string of the molecule is COc1ccc(-c2ccc(CO)c(OC)c2)c(C)c1. The summed E-state index contributed by atoms with van der Waals surface area (Å²) in [6, 6.07) is 11.8. The number of benzene rings is 2. The zero-order valence-corrected chi connectivity index (χ0v) is 11.4. The summed E-state index contributed by atoms with van der Waals surface area (Å²) in [7, 11) is 3.27.